The second-order valence-corrected chi connectivity index (χ2v) is 4.95. The van der Waals surface area contributed by atoms with Gasteiger partial charge < -0.3 is 22.4 Å². The van der Waals surface area contributed by atoms with E-state index in [1.165, 1.54) is 44.9 Å². The molecule has 0 saturated heterocycles. The summed E-state index contributed by atoms with van der Waals surface area (Å²) in [4.78, 5) is 22.3. The van der Waals surface area contributed by atoms with Gasteiger partial charge in [-0.2, -0.15) is 0 Å². The molecule has 0 aromatic heterocycles. The van der Waals surface area contributed by atoms with E-state index in [1.54, 1.807) is 7.05 Å². The molecule has 0 rings (SSSR count). The summed E-state index contributed by atoms with van der Waals surface area (Å²) < 4.78 is 4.62. The molecule has 0 aliphatic heterocycles. The quantitative estimate of drug-likeness (QED) is 0.288. The third-order valence-electron chi connectivity index (χ3n) is 3.03. The van der Waals surface area contributed by atoms with Gasteiger partial charge in [0.05, 0.1) is 6.54 Å². The zero-order valence-corrected chi connectivity index (χ0v) is 13.9. The van der Waals surface area contributed by atoms with Crippen molar-refractivity contribution in [1.29, 1.82) is 0 Å². The van der Waals surface area contributed by atoms with Gasteiger partial charge in [-0.15, -0.1) is 0 Å². The van der Waals surface area contributed by atoms with E-state index in [9.17, 15) is 9.59 Å². The maximum absolute atomic E-state index is 11.3. The minimum Gasteiger partial charge on any atom is -0.392 e. The summed E-state index contributed by atoms with van der Waals surface area (Å²) in [5.41, 5.74) is 0. The molecule has 0 bridgehead atoms. The van der Waals surface area contributed by atoms with Gasteiger partial charge in [0.15, 0.2) is 0 Å². The van der Waals surface area contributed by atoms with Crippen molar-refractivity contribution >= 4 is 11.9 Å². The van der Waals surface area contributed by atoms with Gasteiger partial charge in [-0.1, -0.05) is 58.3 Å². The number of carbonyl (C=O) groups excluding carboxylic acids is 2. The van der Waals surface area contributed by atoms with Crippen LogP contribution < -0.4 is 17.6 Å². The summed E-state index contributed by atoms with van der Waals surface area (Å²) in [6.07, 6.45) is 11.2. The standard InChI is InChI=1S/C15H29NO3.2H3N/c1-3-4-5-6-7-8-9-10-11-12-14(17)19-15(18)13-16-2;;/h16H,3-13H2,1-2H3;2*1H3. The molecule has 21 heavy (non-hydrogen) atoms. The highest BCUT2D eigenvalue weighted by atomic mass is 16.6. The van der Waals surface area contributed by atoms with E-state index in [4.69, 9.17) is 0 Å². The third kappa shape index (κ3) is 19.0. The van der Waals surface area contributed by atoms with Crippen LogP contribution in [0.15, 0.2) is 0 Å². The summed E-state index contributed by atoms with van der Waals surface area (Å²) in [5, 5.41) is 2.65. The third-order valence-corrected chi connectivity index (χ3v) is 3.03. The van der Waals surface area contributed by atoms with Crippen LogP contribution in [0.2, 0.25) is 0 Å². The summed E-state index contributed by atoms with van der Waals surface area (Å²) in [6.45, 7) is 2.31. The van der Waals surface area contributed by atoms with E-state index in [0.717, 1.165) is 12.8 Å². The Morgan fingerprint density at radius 3 is 1.76 bits per heavy atom. The second-order valence-electron chi connectivity index (χ2n) is 4.95. The molecule has 0 aromatic rings. The zero-order valence-electron chi connectivity index (χ0n) is 13.9. The van der Waals surface area contributed by atoms with Crippen molar-refractivity contribution in [3.8, 4) is 0 Å². The van der Waals surface area contributed by atoms with Crippen molar-refractivity contribution in [3.05, 3.63) is 0 Å². The average molecular weight is 305 g/mol. The first-order valence-electron chi connectivity index (χ1n) is 7.58. The summed E-state index contributed by atoms with van der Waals surface area (Å²) in [6, 6.07) is 0. The molecule has 128 valence electrons. The molecule has 6 heteroatoms. The van der Waals surface area contributed by atoms with E-state index in [2.05, 4.69) is 17.0 Å². The van der Waals surface area contributed by atoms with E-state index in [0.29, 0.717) is 6.42 Å². The van der Waals surface area contributed by atoms with Gasteiger partial charge >= 0.3 is 11.9 Å². The molecule has 0 unspecified atom stereocenters. The van der Waals surface area contributed by atoms with Crippen LogP contribution in [-0.4, -0.2) is 25.5 Å². The minimum atomic E-state index is -0.497. The van der Waals surface area contributed by atoms with Crippen LogP contribution in [0, 0.1) is 0 Å². The Morgan fingerprint density at radius 2 is 1.29 bits per heavy atom. The fourth-order valence-electron chi connectivity index (χ4n) is 1.94. The van der Waals surface area contributed by atoms with Gasteiger partial charge in [-0.05, 0) is 13.5 Å². The Morgan fingerprint density at radius 1 is 0.810 bits per heavy atom. The smallest absolute Gasteiger partial charge is 0.327 e. The fraction of sp³-hybridized carbons (Fsp3) is 0.867. The first kappa shape index (κ1) is 25.0. The topological polar surface area (TPSA) is 125 Å². The largest absolute Gasteiger partial charge is 0.392 e. The minimum absolute atomic E-state index is 0. The number of carbonyl (C=O) groups is 2. The first-order valence-corrected chi connectivity index (χ1v) is 7.58. The zero-order chi connectivity index (χ0) is 14.3. The van der Waals surface area contributed by atoms with Crippen LogP contribution in [0.4, 0.5) is 0 Å². The van der Waals surface area contributed by atoms with E-state index in [1.807, 2.05) is 0 Å². The number of unbranched alkanes of at least 4 members (excludes halogenated alkanes) is 8. The molecule has 0 saturated carbocycles. The molecule has 7 N–H and O–H groups in total. The number of likely N-dealkylation sites (N-methyl/N-ethyl adjacent to an activating group) is 1. The van der Waals surface area contributed by atoms with Crippen LogP contribution in [-0.2, 0) is 14.3 Å². The van der Waals surface area contributed by atoms with Crippen LogP contribution in [0.25, 0.3) is 0 Å². The summed E-state index contributed by atoms with van der Waals surface area (Å²) in [7, 11) is 1.65. The molecule has 6 nitrogen and oxygen atoms in total. The first-order chi connectivity index (χ1) is 9.20. The number of nitrogens with one attached hydrogen (secondary N) is 1. The Balaban J connectivity index is -0.00000162. The molecule has 0 aliphatic carbocycles. The summed E-state index contributed by atoms with van der Waals surface area (Å²) in [5.74, 6) is -0.897. The van der Waals surface area contributed by atoms with Gasteiger partial charge in [-0.25, -0.2) is 0 Å². The predicted molar refractivity (Wildman–Crippen MR) is 86.9 cm³/mol. The maximum atomic E-state index is 11.3. The highest BCUT2D eigenvalue weighted by Crippen LogP contribution is 2.10. The van der Waals surface area contributed by atoms with Gasteiger partial charge in [0, 0.05) is 6.42 Å². The molecule has 0 aromatic carbocycles. The van der Waals surface area contributed by atoms with Crippen molar-refractivity contribution in [1.82, 2.24) is 17.6 Å². The Hall–Kier alpha value is -0.980. The number of esters is 2. The normalized spacial score (nSPS) is 9.43. The Kier molecular flexibility index (Phi) is 22.6. The van der Waals surface area contributed by atoms with Crippen molar-refractivity contribution in [3.63, 3.8) is 0 Å². The number of ether oxygens (including phenoxy) is 1. The molecule has 0 amide bonds. The number of hydrogen-bond acceptors (Lipinski definition) is 6. The molecule has 0 fully saturated rings. The molecule has 0 atom stereocenters. The lowest BCUT2D eigenvalue weighted by Gasteiger charge is -2.03. The van der Waals surface area contributed by atoms with Crippen molar-refractivity contribution in [2.45, 2.75) is 71.1 Å². The van der Waals surface area contributed by atoms with Gasteiger partial charge in [-0.3, -0.25) is 9.59 Å². The Labute approximate surface area is 129 Å². The van der Waals surface area contributed by atoms with Crippen molar-refractivity contribution in [2.24, 2.45) is 0 Å². The maximum Gasteiger partial charge on any atom is 0.327 e. The fourth-order valence-corrected chi connectivity index (χ4v) is 1.94. The molecule has 0 spiro atoms. The van der Waals surface area contributed by atoms with E-state index >= 15 is 0 Å². The van der Waals surface area contributed by atoms with Crippen LogP contribution in [0.3, 0.4) is 0 Å². The van der Waals surface area contributed by atoms with Crippen molar-refractivity contribution < 1.29 is 14.3 Å². The highest BCUT2D eigenvalue weighted by molar-refractivity contribution is 5.86. The van der Waals surface area contributed by atoms with Crippen LogP contribution in [0.5, 0.6) is 0 Å². The van der Waals surface area contributed by atoms with Gasteiger partial charge in [0.25, 0.3) is 0 Å². The average Bonchev–Trinajstić information content (AvgIpc) is 2.37. The van der Waals surface area contributed by atoms with E-state index < -0.39 is 11.9 Å². The van der Waals surface area contributed by atoms with Gasteiger partial charge in [0.1, 0.15) is 0 Å². The van der Waals surface area contributed by atoms with Crippen LogP contribution >= 0.6 is 0 Å². The van der Waals surface area contributed by atoms with Crippen LogP contribution in [0.1, 0.15) is 71.1 Å². The van der Waals surface area contributed by atoms with Crippen molar-refractivity contribution in [2.75, 3.05) is 13.6 Å². The monoisotopic (exact) mass is 305 g/mol. The Bertz CT molecular complexity index is 248. The summed E-state index contributed by atoms with van der Waals surface area (Å²) >= 11 is 0. The van der Waals surface area contributed by atoms with E-state index in [-0.39, 0.29) is 18.8 Å². The number of hydrogen-bond donors (Lipinski definition) is 3. The molecule has 0 aliphatic rings. The lowest BCUT2D eigenvalue weighted by atomic mass is 10.1. The SMILES string of the molecule is CCCCCCCCCCCC(=O)OC(=O)CNC.N.N. The lowest BCUT2D eigenvalue weighted by molar-refractivity contribution is -0.158. The molecule has 0 radical (unpaired) electrons. The molecule has 0 heterocycles. The lowest BCUT2D eigenvalue weighted by Crippen LogP contribution is -2.23. The molecular formula is C15H35N3O3. The number of rotatable bonds is 12. The van der Waals surface area contributed by atoms with Gasteiger partial charge in [0.2, 0.25) is 0 Å². The second kappa shape index (κ2) is 19.0. The molecular weight excluding hydrogens is 270 g/mol. The predicted octanol–water partition coefficient (Wildman–Crippen LogP) is 3.52. The highest BCUT2D eigenvalue weighted by Gasteiger charge is 2.08.